The molecule has 0 amide bonds. The largest absolute Gasteiger partial charge is 0.497 e. The van der Waals surface area contributed by atoms with Crippen molar-refractivity contribution in [3.63, 3.8) is 0 Å². The maximum Gasteiger partial charge on any atom is 0.326 e. The maximum absolute atomic E-state index is 11.5. The van der Waals surface area contributed by atoms with Crippen molar-refractivity contribution in [3.8, 4) is 11.5 Å². The van der Waals surface area contributed by atoms with Gasteiger partial charge in [-0.15, -0.1) is 0 Å². The molecule has 1 atom stereocenters. The molecule has 1 aromatic carbocycles. The normalized spacial score (nSPS) is 11.8. The van der Waals surface area contributed by atoms with E-state index >= 15 is 0 Å². The molecule has 0 radical (unpaired) electrons. The Bertz CT molecular complexity index is 447. The van der Waals surface area contributed by atoms with Gasteiger partial charge in [-0.3, -0.25) is 0 Å². The van der Waals surface area contributed by atoms with Crippen LogP contribution in [0, 0.1) is 0 Å². The lowest BCUT2D eigenvalue weighted by molar-refractivity contribution is -0.138. The first-order chi connectivity index (χ1) is 9.58. The molecule has 0 saturated heterocycles. The van der Waals surface area contributed by atoms with E-state index in [9.17, 15) is 9.90 Å². The van der Waals surface area contributed by atoms with Crippen molar-refractivity contribution in [2.45, 2.75) is 32.7 Å². The molecule has 5 nitrogen and oxygen atoms in total. The number of benzene rings is 1. The number of anilines is 1. The Morgan fingerprint density at radius 3 is 2.45 bits per heavy atom. The molecule has 112 valence electrons. The van der Waals surface area contributed by atoms with Crippen LogP contribution >= 0.6 is 0 Å². The molecule has 0 unspecified atom stereocenters. The maximum atomic E-state index is 11.5. The van der Waals surface area contributed by atoms with Crippen molar-refractivity contribution in [3.05, 3.63) is 18.2 Å². The van der Waals surface area contributed by atoms with Crippen LogP contribution in [0.1, 0.15) is 26.7 Å². The van der Waals surface area contributed by atoms with Crippen molar-refractivity contribution in [1.29, 1.82) is 0 Å². The smallest absolute Gasteiger partial charge is 0.326 e. The van der Waals surface area contributed by atoms with Crippen LogP contribution in [-0.4, -0.2) is 37.9 Å². The summed E-state index contributed by atoms with van der Waals surface area (Å²) >= 11 is 0. The Morgan fingerprint density at radius 1 is 1.30 bits per heavy atom. The van der Waals surface area contributed by atoms with Gasteiger partial charge in [0.25, 0.3) is 0 Å². The fourth-order valence-corrected chi connectivity index (χ4v) is 2.23. The van der Waals surface area contributed by atoms with Crippen LogP contribution in [0.15, 0.2) is 18.2 Å². The SMILES string of the molecule is CCCN(c1cc(OC)ccc1OC)[C@H](CC)C(=O)O. The number of nitrogens with zero attached hydrogens (tertiary/aromatic N) is 1. The second-order valence-electron chi connectivity index (χ2n) is 4.49. The van der Waals surface area contributed by atoms with Gasteiger partial charge in [0, 0.05) is 12.6 Å². The lowest BCUT2D eigenvalue weighted by Crippen LogP contribution is -2.41. The number of carboxylic acid groups (broad SMARTS) is 1. The summed E-state index contributed by atoms with van der Waals surface area (Å²) in [5.41, 5.74) is 0.753. The van der Waals surface area contributed by atoms with Gasteiger partial charge >= 0.3 is 5.97 Å². The molecule has 20 heavy (non-hydrogen) atoms. The monoisotopic (exact) mass is 281 g/mol. The van der Waals surface area contributed by atoms with E-state index in [1.54, 1.807) is 26.4 Å². The number of hydrogen-bond donors (Lipinski definition) is 1. The third-order valence-electron chi connectivity index (χ3n) is 3.21. The predicted octanol–water partition coefficient (Wildman–Crippen LogP) is 2.78. The minimum Gasteiger partial charge on any atom is -0.497 e. The van der Waals surface area contributed by atoms with E-state index in [1.165, 1.54) is 0 Å². The van der Waals surface area contributed by atoms with Gasteiger partial charge in [0.2, 0.25) is 0 Å². The zero-order valence-corrected chi connectivity index (χ0v) is 12.5. The van der Waals surface area contributed by atoms with Crippen molar-refractivity contribution < 1.29 is 19.4 Å². The molecular weight excluding hydrogens is 258 g/mol. The number of aliphatic carboxylic acids is 1. The molecule has 1 aromatic rings. The highest BCUT2D eigenvalue weighted by Gasteiger charge is 2.26. The van der Waals surface area contributed by atoms with E-state index in [1.807, 2.05) is 24.8 Å². The highest BCUT2D eigenvalue weighted by atomic mass is 16.5. The van der Waals surface area contributed by atoms with Gasteiger partial charge in [0.15, 0.2) is 0 Å². The molecule has 0 aliphatic heterocycles. The zero-order valence-electron chi connectivity index (χ0n) is 12.5. The van der Waals surface area contributed by atoms with Crippen LogP contribution in [0.3, 0.4) is 0 Å². The van der Waals surface area contributed by atoms with Crippen molar-refractivity contribution in [2.24, 2.45) is 0 Å². The van der Waals surface area contributed by atoms with E-state index in [0.29, 0.717) is 24.5 Å². The molecule has 0 fully saturated rings. The quantitative estimate of drug-likeness (QED) is 0.794. The highest BCUT2D eigenvalue weighted by molar-refractivity contribution is 5.79. The zero-order chi connectivity index (χ0) is 15.1. The number of hydrogen-bond acceptors (Lipinski definition) is 4. The van der Waals surface area contributed by atoms with Gasteiger partial charge in [-0.25, -0.2) is 4.79 Å². The molecule has 0 aromatic heterocycles. The van der Waals surface area contributed by atoms with E-state index in [-0.39, 0.29) is 0 Å². The molecular formula is C15H23NO4. The van der Waals surface area contributed by atoms with Crippen molar-refractivity contribution in [2.75, 3.05) is 25.7 Å². The summed E-state index contributed by atoms with van der Waals surface area (Å²) in [6.07, 6.45) is 1.37. The molecule has 0 aliphatic rings. The third-order valence-corrected chi connectivity index (χ3v) is 3.21. The van der Waals surface area contributed by atoms with Gasteiger partial charge < -0.3 is 19.5 Å². The average Bonchev–Trinajstić information content (AvgIpc) is 2.46. The first kappa shape index (κ1) is 16.1. The molecule has 1 rings (SSSR count). The number of methoxy groups -OCH3 is 2. The molecule has 0 spiro atoms. The third kappa shape index (κ3) is 3.56. The van der Waals surface area contributed by atoms with E-state index in [2.05, 4.69) is 0 Å². The lowest BCUT2D eigenvalue weighted by Gasteiger charge is -2.31. The fraction of sp³-hybridized carbons (Fsp3) is 0.533. The van der Waals surface area contributed by atoms with Gasteiger partial charge in [-0.2, -0.15) is 0 Å². The molecule has 0 heterocycles. The fourth-order valence-electron chi connectivity index (χ4n) is 2.23. The number of rotatable bonds is 8. The van der Waals surface area contributed by atoms with E-state index in [0.717, 1.165) is 12.1 Å². The Hall–Kier alpha value is -1.91. The van der Waals surface area contributed by atoms with Gasteiger partial charge in [0.05, 0.1) is 19.9 Å². The first-order valence-electron chi connectivity index (χ1n) is 6.80. The standard InChI is InChI=1S/C15H23NO4/c1-5-9-16(12(6-2)15(17)18)13-10-11(19-3)7-8-14(13)20-4/h7-8,10,12H,5-6,9H2,1-4H3,(H,17,18)/t12-/m1/s1. The Morgan fingerprint density at radius 2 is 2.00 bits per heavy atom. The minimum atomic E-state index is -0.828. The van der Waals surface area contributed by atoms with Crippen LogP contribution < -0.4 is 14.4 Å². The summed E-state index contributed by atoms with van der Waals surface area (Å²) in [5.74, 6) is 0.506. The van der Waals surface area contributed by atoms with E-state index in [4.69, 9.17) is 9.47 Å². The predicted molar refractivity (Wildman–Crippen MR) is 78.9 cm³/mol. The van der Waals surface area contributed by atoms with Crippen molar-refractivity contribution >= 4 is 11.7 Å². The van der Waals surface area contributed by atoms with Crippen LogP contribution in [0.4, 0.5) is 5.69 Å². The van der Waals surface area contributed by atoms with Gasteiger partial charge in [-0.05, 0) is 25.0 Å². The van der Waals surface area contributed by atoms with Crippen molar-refractivity contribution in [1.82, 2.24) is 0 Å². The number of carbonyl (C=O) groups is 1. The highest BCUT2D eigenvalue weighted by Crippen LogP contribution is 2.34. The summed E-state index contributed by atoms with van der Waals surface area (Å²) in [4.78, 5) is 13.3. The first-order valence-corrected chi connectivity index (χ1v) is 6.80. The van der Waals surface area contributed by atoms with Gasteiger partial charge in [-0.1, -0.05) is 13.8 Å². The topological polar surface area (TPSA) is 59.0 Å². The average molecular weight is 281 g/mol. The Balaban J connectivity index is 3.27. The number of carboxylic acids is 1. The summed E-state index contributed by atoms with van der Waals surface area (Å²) in [5, 5.41) is 9.41. The molecule has 1 N–H and O–H groups in total. The Labute approximate surface area is 120 Å². The second kappa shape index (κ2) is 7.62. The van der Waals surface area contributed by atoms with Crippen LogP contribution in [-0.2, 0) is 4.79 Å². The molecule has 0 bridgehead atoms. The number of ether oxygens (including phenoxy) is 2. The molecule has 0 aliphatic carbocycles. The summed E-state index contributed by atoms with van der Waals surface area (Å²) in [6.45, 7) is 4.54. The lowest BCUT2D eigenvalue weighted by atomic mass is 10.1. The van der Waals surface area contributed by atoms with E-state index < -0.39 is 12.0 Å². The van der Waals surface area contributed by atoms with Gasteiger partial charge in [0.1, 0.15) is 17.5 Å². The van der Waals surface area contributed by atoms with Crippen LogP contribution in [0.5, 0.6) is 11.5 Å². The molecule has 5 heteroatoms. The minimum absolute atomic E-state index is 0.524. The summed E-state index contributed by atoms with van der Waals surface area (Å²) in [6, 6.07) is 4.84. The summed E-state index contributed by atoms with van der Waals surface area (Å²) in [7, 11) is 3.17. The summed E-state index contributed by atoms with van der Waals surface area (Å²) < 4.78 is 10.6. The van der Waals surface area contributed by atoms with Crippen LogP contribution in [0.25, 0.3) is 0 Å². The Kier molecular flexibility index (Phi) is 6.15. The van der Waals surface area contributed by atoms with Crippen LogP contribution in [0.2, 0.25) is 0 Å². The second-order valence-corrected chi connectivity index (χ2v) is 4.49. The molecule has 0 saturated carbocycles.